The van der Waals surface area contributed by atoms with Crippen molar-refractivity contribution in [2.24, 2.45) is 0 Å². The van der Waals surface area contributed by atoms with Gasteiger partial charge in [0, 0.05) is 0 Å². The first kappa shape index (κ1) is 16.7. The van der Waals surface area contributed by atoms with E-state index in [2.05, 4.69) is 0 Å². The quantitative estimate of drug-likeness (QED) is 0.411. The summed E-state index contributed by atoms with van der Waals surface area (Å²) in [4.78, 5) is 11.3. The third-order valence-electron chi connectivity index (χ3n) is 2.29. The number of allylic oxidation sites excluding steroid dienone is 5. The Labute approximate surface area is 107 Å². The summed E-state index contributed by atoms with van der Waals surface area (Å²) in [6.45, 7) is 3.69. The van der Waals surface area contributed by atoms with Crippen molar-refractivity contribution in [3.05, 3.63) is 36.5 Å². The van der Waals surface area contributed by atoms with Crippen molar-refractivity contribution in [1.29, 1.82) is 0 Å². The van der Waals surface area contributed by atoms with Crippen LogP contribution in [-0.4, -0.2) is 22.9 Å². The van der Waals surface area contributed by atoms with E-state index < -0.39 is 17.8 Å². The number of carbonyl (C=O) groups excluding carboxylic acids is 1. The van der Waals surface area contributed by atoms with E-state index in [1.807, 2.05) is 6.92 Å². The van der Waals surface area contributed by atoms with Crippen molar-refractivity contribution >= 4 is 5.78 Å². The van der Waals surface area contributed by atoms with Crippen LogP contribution in [0, 0.1) is 0 Å². The topological polar surface area (TPSA) is 37.3 Å². The van der Waals surface area contributed by atoms with Crippen LogP contribution in [0.3, 0.4) is 0 Å². The van der Waals surface area contributed by atoms with Crippen molar-refractivity contribution in [3.8, 4) is 0 Å². The zero-order valence-corrected chi connectivity index (χ0v) is 10.8. The predicted octanol–water partition coefficient (Wildman–Crippen LogP) is 3.43. The van der Waals surface area contributed by atoms with Crippen LogP contribution in [0.5, 0.6) is 0 Å². The van der Waals surface area contributed by atoms with E-state index in [1.54, 1.807) is 13.0 Å². The molecule has 0 aliphatic carbocycles. The van der Waals surface area contributed by atoms with Gasteiger partial charge in [-0.2, -0.15) is 8.78 Å². The van der Waals surface area contributed by atoms with Gasteiger partial charge in [0.2, 0.25) is 5.78 Å². The summed E-state index contributed by atoms with van der Waals surface area (Å²) >= 11 is 0. The lowest BCUT2D eigenvalue weighted by Gasteiger charge is -2.16. The minimum atomic E-state index is -3.78. The Morgan fingerprint density at radius 3 is 2.61 bits per heavy atom. The molecular weight excluding hydrogens is 238 g/mol. The van der Waals surface area contributed by atoms with Crippen molar-refractivity contribution < 1.29 is 18.7 Å². The van der Waals surface area contributed by atoms with E-state index in [-0.39, 0.29) is 0 Å². The molecule has 0 aliphatic rings. The van der Waals surface area contributed by atoms with Gasteiger partial charge in [-0.15, -0.1) is 0 Å². The summed E-state index contributed by atoms with van der Waals surface area (Å²) in [6, 6.07) is 0. The first-order valence-corrected chi connectivity index (χ1v) is 6.03. The molecule has 0 rings (SSSR count). The highest BCUT2D eigenvalue weighted by molar-refractivity contribution is 5.96. The van der Waals surface area contributed by atoms with Gasteiger partial charge in [-0.3, -0.25) is 4.79 Å². The van der Waals surface area contributed by atoms with Gasteiger partial charge in [0.15, 0.2) is 0 Å². The van der Waals surface area contributed by atoms with Crippen molar-refractivity contribution in [3.63, 3.8) is 0 Å². The van der Waals surface area contributed by atoms with Crippen LogP contribution in [0.2, 0.25) is 0 Å². The first-order chi connectivity index (χ1) is 8.46. The molecule has 0 amide bonds. The standard InChI is InChI=1S/C14H20F2O2/c1-3-5-7-9-11-13(18)14(15,16)12(17)10-8-6-4-2/h4,6,8-12,17H,3,5,7H2,1-2H3. The summed E-state index contributed by atoms with van der Waals surface area (Å²) in [6.07, 6.45) is 7.85. The number of hydrogen-bond acceptors (Lipinski definition) is 2. The van der Waals surface area contributed by atoms with Crippen LogP contribution < -0.4 is 0 Å². The number of carbonyl (C=O) groups is 1. The summed E-state index contributed by atoms with van der Waals surface area (Å²) in [5, 5.41) is 9.25. The normalized spacial score (nSPS) is 14.9. The van der Waals surface area contributed by atoms with Crippen molar-refractivity contribution in [2.45, 2.75) is 45.1 Å². The Bertz CT molecular complexity index is 331. The zero-order chi connectivity index (χ0) is 14.0. The highest BCUT2D eigenvalue weighted by Gasteiger charge is 2.43. The molecule has 1 unspecified atom stereocenters. The third-order valence-corrected chi connectivity index (χ3v) is 2.29. The van der Waals surface area contributed by atoms with Gasteiger partial charge in [-0.05, 0) is 25.5 Å². The lowest BCUT2D eigenvalue weighted by Crippen LogP contribution is -2.39. The Balaban J connectivity index is 4.50. The summed E-state index contributed by atoms with van der Waals surface area (Å²) < 4.78 is 26.8. The van der Waals surface area contributed by atoms with Crippen molar-refractivity contribution in [2.75, 3.05) is 0 Å². The van der Waals surface area contributed by atoms with Gasteiger partial charge in [0.05, 0.1) is 0 Å². The predicted molar refractivity (Wildman–Crippen MR) is 68.6 cm³/mol. The van der Waals surface area contributed by atoms with Gasteiger partial charge in [-0.1, -0.05) is 44.1 Å². The lowest BCUT2D eigenvalue weighted by atomic mass is 10.1. The van der Waals surface area contributed by atoms with Crippen LogP contribution in [0.25, 0.3) is 0 Å². The minimum absolute atomic E-state index is 0.586. The van der Waals surface area contributed by atoms with Crippen LogP contribution in [0.1, 0.15) is 33.1 Å². The molecular formula is C14H20F2O2. The van der Waals surface area contributed by atoms with Crippen molar-refractivity contribution in [1.82, 2.24) is 0 Å². The molecule has 0 aromatic rings. The second-order valence-electron chi connectivity index (χ2n) is 3.89. The number of hydrogen-bond donors (Lipinski definition) is 1. The summed E-state index contributed by atoms with van der Waals surface area (Å²) in [5.41, 5.74) is 0. The molecule has 0 bridgehead atoms. The lowest BCUT2D eigenvalue weighted by molar-refractivity contribution is -0.149. The highest BCUT2D eigenvalue weighted by atomic mass is 19.3. The minimum Gasteiger partial charge on any atom is -0.382 e. The maximum Gasteiger partial charge on any atom is 0.337 e. The summed E-state index contributed by atoms with van der Waals surface area (Å²) in [5.74, 6) is -5.14. The number of unbranched alkanes of at least 4 members (excludes halogenated alkanes) is 2. The van der Waals surface area contributed by atoms with E-state index in [4.69, 9.17) is 0 Å². The molecule has 0 heterocycles. The van der Waals surface area contributed by atoms with E-state index in [0.717, 1.165) is 25.0 Å². The first-order valence-electron chi connectivity index (χ1n) is 6.03. The fourth-order valence-electron chi connectivity index (χ4n) is 1.17. The molecule has 102 valence electrons. The van der Waals surface area contributed by atoms with E-state index in [0.29, 0.717) is 6.42 Å². The molecule has 2 nitrogen and oxygen atoms in total. The zero-order valence-electron chi connectivity index (χ0n) is 10.8. The number of aliphatic hydroxyl groups excluding tert-OH is 1. The summed E-state index contributed by atoms with van der Waals surface area (Å²) in [7, 11) is 0. The molecule has 0 fully saturated rings. The van der Waals surface area contributed by atoms with Crippen LogP contribution in [0.15, 0.2) is 36.5 Å². The number of rotatable bonds is 8. The van der Waals surface area contributed by atoms with E-state index >= 15 is 0 Å². The Morgan fingerprint density at radius 2 is 2.06 bits per heavy atom. The fraction of sp³-hybridized carbons (Fsp3) is 0.500. The molecule has 0 saturated heterocycles. The molecule has 1 N–H and O–H groups in total. The maximum atomic E-state index is 13.4. The number of halogens is 2. The van der Waals surface area contributed by atoms with Gasteiger partial charge >= 0.3 is 5.92 Å². The molecule has 1 atom stereocenters. The average Bonchev–Trinajstić information content (AvgIpc) is 2.34. The van der Waals surface area contributed by atoms with E-state index in [1.165, 1.54) is 18.2 Å². The third kappa shape index (κ3) is 5.87. The molecule has 0 aliphatic heterocycles. The van der Waals surface area contributed by atoms with Crippen LogP contribution >= 0.6 is 0 Å². The second kappa shape index (κ2) is 8.75. The largest absolute Gasteiger partial charge is 0.382 e. The van der Waals surface area contributed by atoms with E-state index in [9.17, 15) is 18.7 Å². The Morgan fingerprint density at radius 1 is 1.39 bits per heavy atom. The molecule has 4 heteroatoms. The SMILES string of the molecule is CC=CC=CC(O)C(F)(F)C(=O)C=CCCCC. The molecule has 18 heavy (non-hydrogen) atoms. The molecule has 0 radical (unpaired) electrons. The molecule has 0 spiro atoms. The Hall–Kier alpha value is -1.29. The number of alkyl halides is 2. The van der Waals surface area contributed by atoms with Gasteiger partial charge in [0.1, 0.15) is 6.10 Å². The number of ketones is 1. The molecule has 0 aromatic heterocycles. The number of aliphatic hydroxyl groups is 1. The molecule has 0 aromatic carbocycles. The average molecular weight is 258 g/mol. The fourth-order valence-corrected chi connectivity index (χ4v) is 1.17. The van der Waals surface area contributed by atoms with Crippen LogP contribution in [-0.2, 0) is 4.79 Å². The Kier molecular flexibility index (Phi) is 8.12. The highest BCUT2D eigenvalue weighted by Crippen LogP contribution is 2.22. The van der Waals surface area contributed by atoms with Crippen LogP contribution in [0.4, 0.5) is 8.78 Å². The second-order valence-corrected chi connectivity index (χ2v) is 3.89. The smallest absolute Gasteiger partial charge is 0.337 e. The monoisotopic (exact) mass is 258 g/mol. The molecule has 0 saturated carbocycles. The van der Waals surface area contributed by atoms with Gasteiger partial charge < -0.3 is 5.11 Å². The van der Waals surface area contributed by atoms with Gasteiger partial charge in [-0.25, -0.2) is 0 Å². The van der Waals surface area contributed by atoms with Gasteiger partial charge in [0.25, 0.3) is 0 Å². The maximum absolute atomic E-state index is 13.4.